The van der Waals surface area contributed by atoms with Gasteiger partial charge in [0.15, 0.2) is 0 Å². The molecule has 2 aromatic heterocycles. The van der Waals surface area contributed by atoms with E-state index < -0.39 is 0 Å². The third kappa shape index (κ3) is 3.65. The molecule has 0 aliphatic carbocycles. The zero-order valence-corrected chi connectivity index (χ0v) is 15.6. The lowest BCUT2D eigenvalue weighted by atomic mass is 10.1. The van der Waals surface area contributed by atoms with Crippen molar-refractivity contribution >= 4 is 43.5 Å². The summed E-state index contributed by atoms with van der Waals surface area (Å²) in [6, 6.07) is 1.78. The van der Waals surface area contributed by atoms with Crippen LogP contribution in [0.3, 0.4) is 0 Å². The topological polar surface area (TPSA) is 68.8 Å². The number of hydrogen-bond donors (Lipinski definition) is 2. The molecule has 0 saturated heterocycles. The first kappa shape index (κ1) is 16.9. The fourth-order valence-corrected chi connectivity index (χ4v) is 3.79. The SMILES string of the molecule is CCc1nn(C)c(CC(NN)c2ncc(Br)cc2Br)c1Cl. The normalized spacial score (nSPS) is 12.7. The Morgan fingerprint density at radius 2 is 2.19 bits per heavy atom. The minimum Gasteiger partial charge on any atom is -0.271 e. The van der Waals surface area contributed by atoms with Gasteiger partial charge in [0, 0.05) is 28.6 Å². The number of nitrogens with zero attached hydrogens (tertiary/aromatic N) is 3. The average molecular weight is 438 g/mol. The first-order valence-corrected chi connectivity index (χ1v) is 8.41. The van der Waals surface area contributed by atoms with E-state index in [0.29, 0.717) is 11.4 Å². The summed E-state index contributed by atoms with van der Waals surface area (Å²) in [5, 5.41) is 5.13. The molecule has 0 fully saturated rings. The molecule has 0 aromatic carbocycles. The molecule has 0 aliphatic heterocycles. The van der Waals surface area contributed by atoms with Crippen LogP contribution in [0.2, 0.25) is 5.02 Å². The van der Waals surface area contributed by atoms with Crippen molar-refractivity contribution in [1.82, 2.24) is 20.2 Å². The number of halogens is 3. The van der Waals surface area contributed by atoms with Crippen LogP contribution in [0.5, 0.6) is 0 Å². The van der Waals surface area contributed by atoms with E-state index in [1.165, 1.54) is 0 Å². The minimum atomic E-state index is -0.162. The fraction of sp³-hybridized carbons (Fsp3) is 0.385. The molecule has 0 amide bonds. The van der Waals surface area contributed by atoms with Crippen molar-refractivity contribution in [3.63, 3.8) is 0 Å². The molecule has 0 saturated carbocycles. The molecular formula is C13H16Br2ClN5. The molecule has 114 valence electrons. The van der Waals surface area contributed by atoms with Gasteiger partial charge in [-0.3, -0.25) is 20.9 Å². The quantitative estimate of drug-likeness (QED) is 0.556. The van der Waals surface area contributed by atoms with Gasteiger partial charge in [-0.25, -0.2) is 0 Å². The Morgan fingerprint density at radius 1 is 1.48 bits per heavy atom. The zero-order valence-electron chi connectivity index (χ0n) is 11.7. The van der Waals surface area contributed by atoms with Crippen LogP contribution in [-0.4, -0.2) is 14.8 Å². The van der Waals surface area contributed by atoms with E-state index in [1.54, 1.807) is 10.9 Å². The standard InChI is InChI=1S/C13H16Br2ClN5/c1-3-9-12(16)11(21(2)20-9)5-10(19-17)13-8(15)4-7(14)6-18-13/h4,6,10,19H,3,5,17H2,1-2H3. The van der Waals surface area contributed by atoms with Crippen LogP contribution in [0.15, 0.2) is 21.2 Å². The second kappa shape index (κ2) is 7.19. The number of pyridine rings is 1. The summed E-state index contributed by atoms with van der Waals surface area (Å²) < 4.78 is 3.59. The van der Waals surface area contributed by atoms with Crippen molar-refractivity contribution < 1.29 is 0 Å². The molecule has 2 aromatic rings. The molecule has 0 radical (unpaired) electrons. The summed E-state index contributed by atoms with van der Waals surface area (Å²) in [5.41, 5.74) is 5.47. The molecule has 1 unspecified atom stereocenters. The van der Waals surface area contributed by atoms with Crippen molar-refractivity contribution in [2.45, 2.75) is 25.8 Å². The maximum atomic E-state index is 6.39. The Labute approximate surface area is 145 Å². The molecule has 0 bridgehead atoms. The monoisotopic (exact) mass is 435 g/mol. The van der Waals surface area contributed by atoms with Crippen molar-refractivity contribution in [3.05, 3.63) is 43.3 Å². The summed E-state index contributed by atoms with van der Waals surface area (Å²) >= 11 is 13.3. The highest BCUT2D eigenvalue weighted by Gasteiger charge is 2.21. The molecule has 3 N–H and O–H groups in total. The number of nitrogens with one attached hydrogen (secondary N) is 1. The predicted molar refractivity (Wildman–Crippen MR) is 91.0 cm³/mol. The van der Waals surface area contributed by atoms with Gasteiger partial charge < -0.3 is 0 Å². The van der Waals surface area contributed by atoms with Crippen LogP contribution >= 0.6 is 43.5 Å². The Kier molecular flexibility index (Phi) is 5.79. The van der Waals surface area contributed by atoms with E-state index in [-0.39, 0.29) is 6.04 Å². The van der Waals surface area contributed by atoms with Crippen LogP contribution in [0.4, 0.5) is 0 Å². The smallest absolute Gasteiger partial charge is 0.0850 e. The Balaban J connectivity index is 2.33. The minimum absolute atomic E-state index is 0.162. The van der Waals surface area contributed by atoms with Crippen molar-refractivity contribution in [3.8, 4) is 0 Å². The predicted octanol–water partition coefficient (Wildman–Crippen LogP) is 3.30. The number of aryl methyl sites for hydroxylation is 2. The second-order valence-corrected chi connectivity index (χ2v) is 6.78. The lowest BCUT2D eigenvalue weighted by Gasteiger charge is -2.17. The molecule has 8 heteroatoms. The Morgan fingerprint density at radius 3 is 2.71 bits per heavy atom. The maximum Gasteiger partial charge on any atom is 0.0850 e. The average Bonchev–Trinajstić information content (AvgIpc) is 2.72. The zero-order chi connectivity index (χ0) is 15.6. The largest absolute Gasteiger partial charge is 0.271 e. The summed E-state index contributed by atoms with van der Waals surface area (Å²) in [6.07, 6.45) is 3.15. The molecule has 2 heterocycles. The molecule has 0 aliphatic rings. The third-order valence-electron chi connectivity index (χ3n) is 3.27. The lowest BCUT2D eigenvalue weighted by molar-refractivity contribution is 0.516. The van der Waals surface area contributed by atoms with Crippen LogP contribution < -0.4 is 11.3 Å². The van der Waals surface area contributed by atoms with Gasteiger partial charge in [-0.05, 0) is 44.3 Å². The van der Waals surface area contributed by atoms with E-state index in [1.807, 2.05) is 20.0 Å². The van der Waals surface area contributed by atoms with E-state index in [9.17, 15) is 0 Å². The van der Waals surface area contributed by atoms with E-state index in [2.05, 4.69) is 47.4 Å². The lowest BCUT2D eigenvalue weighted by Crippen LogP contribution is -2.31. The highest BCUT2D eigenvalue weighted by Crippen LogP contribution is 2.29. The van der Waals surface area contributed by atoms with E-state index in [0.717, 1.165) is 32.4 Å². The molecule has 5 nitrogen and oxygen atoms in total. The van der Waals surface area contributed by atoms with Crippen molar-refractivity contribution in [2.24, 2.45) is 12.9 Å². The van der Waals surface area contributed by atoms with E-state index in [4.69, 9.17) is 17.4 Å². The Bertz CT molecular complexity index is 644. The highest BCUT2D eigenvalue weighted by atomic mass is 79.9. The third-order valence-corrected chi connectivity index (χ3v) is 4.77. The fourth-order valence-electron chi connectivity index (χ4n) is 2.15. The molecule has 21 heavy (non-hydrogen) atoms. The summed E-state index contributed by atoms with van der Waals surface area (Å²) in [7, 11) is 1.89. The summed E-state index contributed by atoms with van der Waals surface area (Å²) in [5.74, 6) is 5.70. The van der Waals surface area contributed by atoms with Crippen LogP contribution in [0.1, 0.15) is 30.0 Å². The van der Waals surface area contributed by atoms with Gasteiger partial charge >= 0.3 is 0 Å². The van der Waals surface area contributed by atoms with Gasteiger partial charge in [0.05, 0.1) is 28.1 Å². The van der Waals surface area contributed by atoms with Crippen LogP contribution in [0, 0.1) is 0 Å². The van der Waals surface area contributed by atoms with Crippen molar-refractivity contribution in [1.29, 1.82) is 0 Å². The molecule has 0 spiro atoms. The number of rotatable bonds is 5. The van der Waals surface area contributed by atoms with Gasteiger partial charge in [0.25, 0.3) is 0 Å². The highest BCUT2D eigenvalue weighted by molar-refractivity contribution is 9.11. The Hall–Kier alpha value is -0.470. The first-order valence-electron chi connectivity index (χ1n) is 6.45. The summed E-state index contributed by atoms with van der Waals surface area (Å²) in [6.45, 7) is 2.03. The van der Waals surface area contributed by atoms with Gasteiger partial charge in [-0.15, -0.1) is 0 Å². The summed E-state index contributed by atoms with van der Waals surface area (Å²) in [4.78, 5) is 4.42. The van der Waals surface area contributed by atoms with Gasteiger partial charge in [-0.2, -0.15) is 5.10 Å². The molecular weight excluding hydrogens is 421 g/mol. The number of aromatic nitrogens is 3. The van der Waals surface area contributed by atoms with Crippen LogP contribution in [-0.2, 0) is 19.9 Å². The number of nitrogens with two attached hydrogens (primary N) is 1. The van der Waals surface area contributed by atoms with Gasteiger partial charge in [0.1, 0.15) is 0 Å². The van der Waals surface area contributed by atoms with Crippen LogP contribution in [0.25, 0.3) is 0 Å². The number of hydrazine groups is 1. The van der Waals surface area contributed by atoms with Crippen molar-refractivity contribution in [2.75, 3.05) is 0 Å². The second-order valence-electron chi connectivity index (χ2n) is 4.63. The van der Waals surface area contributed by atoms with Gasteiger partial charge in [-0.1, -0.05) is 18.5 Å². The molecule has 2 rings (SSSR count). The molecule has 1 atom stereocenters. The van der Waals surface area contributed by atoms with Gasteiger partial charge in [0.2, 0.25) is 0 Å². The first-order chi connectivity index (χ1) is 9.97. The maximum absolute atomic E-state index is 6.39. The number of hydrogen-bond acceptors (Lipinski definition) is 4. The van der Waals surface area contributed by atoms with E-state index >= 15 is 0 Å².